The van der Waals surface area contributed by atoms with Gasteiger partial charge in [0.25, 0.3) is 5.69 Å². The third kappa shape index (κ3) is 5.70. The number of nitrogens with zero attached hydrogens (tertiary/aromatic N) is 4. The molecule has 1 aliphatic heterocycles. The van der Waals surface area contributed by atoms with Crippen LogP contribution in [0.5, 0.6) is 0 Å². The van der Waals surface area contributed by atoms with Crippen LogP contribution in [0.4, 0.5) is 5.69 Å². The van der Waals surface area contributed by atoms with Crippen LogP contribution in [-0.4, -0.2) is 39.8 Å². The summed E-state index contributed by atoms with van der Waals surface area (Å²) in [6.07, 6.45) is 3.36. The molecular weight excluding hydrogens is 428 g/mol. The van der Waals surface area contributed by atoms with E-state index in [0.717, 1.165) is 42.8 Å². The first-order chi connectivity index (χ1) is 16.5. The first-order valence-corrected chi connectivity index (χ1v) is 12.0. The predicted molar refractivity (Wildman–Crippen MR) is 137 cm³/mol. The van der Waals surface area contributed by atoms with Crippen LogP contribution in [0, 0.1) is 28.4 Å². The van der Waals surface area contributed by atoms with Gasteiger partial charge in [-0.15, -0.1) is 0 Å². The molecule has 0 aliphatic carbocycles. The van der Waals surface area contributed by atoms with Crippen molar-refractivity contribution in [2.75, 3.05) is 19.6 Å². The summed E-state index contributed by atoms with van der Waals surface area (Å²) in [5.74, 6) is -0.0210. The van der Waals surface area contributed by atoms with E-state index in [0.29, 0.717) is 23.1 Å². The molecule has 2 aromatic carbocycles. The van der Waals surface area contributed by atoms with Crippen LogP contribution < -0.4 is 0 Å². The summed E-state index contributed by atoms with van der Waals surface area (Å²) in [4.78, 5) is 26.4. The van der Waals surface area contributed by atoms with E-state index in [9.17, 15) is 14.9 Å². The molecule has 0 unspecified atom stereocenters. The number of carbonyl (C=O) groups excluding carboxylic acids is 1. The lowest BCUT2D eigenvalue weighted by atomic mass is 10.0. The number of hydrogen-bond donors (Lipinski definition) is 0. The number of aromatic nitrogens is 1. The molecule has 1 aliphatic rings. The molecule has 180 valence electrons. The molecule has 1 aromatic heterocycles. The number of ketones is 1. The summed E-state index contributed by atoms with van der Waals surface area (Å²) in [6, 6.07) is 13.8. The number of non-ortho nitro benzene ring substituents is 1. The minimum Gasteiger partial charge on any atom is -0.313 e. The molecule has 0 spiro atoms. The van der Waals surface area contributed by atoms with Crippen LogP contribution in [0.3, 0.4) is 0 Å². The van der Waals surface area contributed by atoms with Gasteiger partial charge in [-0.3, -0.25) is 19.8 Å². The van der Waals surface area contributed by atoms with Gasteiger partial charge < -0.3 is 4.57 Å². The van der Waals surface area contributed by atoms with Crippen LogP contribution >= 0.6 is 0 Å². The Balaban J connectivity index is 0.000000970. The Morgan fingerprint density at radius 2 is 1.65 bits per heavy atom. The van der Waals surface area contributed by atoms with Crippen LogP contribution in [-0.2, 0) is 0 Å². The van der Waals surface area contributed by atoms with Crippen molar-refractivity contribution in [2.24, 2.45) is 0 Å². The molecule has 7 heteroatoms. The summed E-state index contributed by atoms with van der Waals surface area (Å²) in [5.41, 5.74) is 3.34. The Bertz CT molecular complexity index is 1170. The number of nitro benzene ring substituents is 1. The molecule has 0 bridgehead atoms. The van der Waals surface area contributed by atoms with Crippen molar-refractivity contribution >= 4 is 22.4 Å². The minimum atomic E-state index is -0.438. The summed E-state index contributed by atoms with van der Waals surface area (Å²) < 4.78 is 1.93. The fraction of sp³-hybridized carbons (Fsp3) is 0.407. The highest BCUT2D eigenvalue weighted by Gasteiger charge is 2.24. The van der Waals surface area contributed by atoms with E-state index in [2.05, 4.69) is 11.0 Å². The number of piperidine rings is 1. The normalized spacial score (nSPS) is 13.2. The Morgan fingerprint density at radius 1 is 1.03 bits per heavy atom. The second kappa shape index (κ2) is 12.7. The van der Waals surface area contributed by atoms with Gasteiger partial charge >= 0.3 is 0 Å². The number of carbonyl (C=O) groups is 1. The average Bonchev–Trinajstić information content (AvgIpc) is 3.18. The molecule has 0 atom stereocenters. The molecule has 3 aromatic rings. The Hall–Kier alpha value is -3.50. The molecule has 34 heavy (non-hydrogen) atoms. The molecule has 1 saturated heterocycles. The number of nitro groups is 1. The lowest BCUT2D eigenvalue weighted by Crippen LogP contribution is -2.34. The molecule has 4 rings (SSSR count). The third-order valence-electron chi connectivity index (χ3n) is 5.75. The number of Topliss-reactive ketones (excluding diaryl/α,β-unsaturated/α-hetero) is 1. The standard InChI is InChI=1S/C23H22N4O3.2C2H6/c1-16-23(22(28)15-25-11-3-2-4-12-25)20-13-19(27(29)30)9-10-21(20)26(16)18-7-5-17(14-24)6-8-18;2*1-2/h5-10,13H,2-4,11-12,15H2,1H3;2*1-2H3. The van der Waals surface area contributed by atoms with Crippen molar-refractivity contribution in [3.05, 3.63) is 69.4 Å². The van der Waals surface area contributed by atoms with Gasteiger partial charge in [0, 0.05) is 34.5 Å². The van der Waals surface area contributed by atoms with Crippen LogP contribution in [0.15, 0.2) is 42.5 Å². The molecule has 0 N–H and O–H groups in total. The number of hydrogen-bond acceptors (Lipinski definition) is 5. The third-order valence-corrected chi connectivity index (χ3v) is 5.75. The van der Waals surface area contributed by atoms with Gasteiger partial charge in [0.1, 0.15) is 0 Å². The second-order valence-corrected chi connectivity index (χ2v) is 7.67. The average molecular weight is 463 g/mol. The molecular formula is C27H34N4O3. The van der Waals surface area contributed by atoms with Gasteiger partial charge in [-0.25, -0.2) is 0 Å². The van der Waals surface area contributed by atoms with Crippen molar-refractivity contribution in [2.45, 2.75) is 53.9 Å². The first-order valence-electron chi connectivity index (χ1n) is 12.0. The number of fused-ring (bicyclic) bond motifs is 1. The van der Waals surface area contributed by atoms with Gasteiger partial charge in [-0.1, -0.05) is 34.1 Å². The van der Waals surface area contributed by atoms with Crippen molar-refractivity contribution in [3.63, 3.8) is 0 Å². The maximum absolute atomic E-state index is 13.3. The molecule has 1 fully saturated rings. The van der Waals surface area contributed by atoms with E-state index in [-0.39, 0.29) is 11.5 Å². The maximum atomic E-state index is 13.3. The van der Waals surface area contributed by atoms with Gasteiger partial charge in [0.15, 0.2) is 5.78 Å². The lowest BCUT2D eigenvalue weighted by Gasteiger charge is -2.25. The first kappa shape index (κ1) is 26.7. The monoisotopic (exact) mass is 462 g/mol. The van der Waals surface area contributed by atoms with Crippen LogP contribution in [0.2, 0.25) is 0 Å². The van der Waals surface area contributed by atoms with Gasteiger partial charge in [0.05, 0.1) is 28.6 Å². The molecule has 0 radical (unpaired) electrons. The predicted octanol–water partition coefficient (Wildman–Crippen LogP) is 6.44. The Kier molecular flexibility index (Phi) is 9.96. The zero-order chi connectivity index (χ0) is 25.3. The van der Waals surface area contributed by atoms with Crippen molar-refractivity contribution < 1.29 is 9.72 Å². The van der Waals surface area contributed by atoms with Crippen molar-refractivity contribution in [1.82, 2.24) is 9.47 Å². The lowest BCUT2D eigenvalue weighted by molar-refractivity contribution is -0.384. The van der Waals surface area contributed by atoms with E-state index in [1.165, 1.54) is 18.6 Å². The van der Waals surface area contributed by atoms with Crippen molar-refractivity contribution in [3.8, 4) is 11.8 Å². The van der Waals surface area contributed by atoms with E-state index in [1.807, 2.05) is 51.3 Å². The number of rotatable bonds is 5. The minimum absolute atomic E-state index is 0.0210. The zero-order valence-corrected chi connectivity index (χ0v) is 20.8. The van der Waals surface area contributed by atoms with Crippen LogP contribution in [0.25, 0.3) is 16.6 Å². The quantitative estimate of drug-likeness (QED) is 0.247. The summed E-state index contributed by atoms with van der Waals surface area (Å²) in [6.45, 7) is 12.0. The summed E-state index contributed by atoms with van der Waals surface area (Å²) >= 11 is 0. The molecule has 7 nitrogen and oxygen atoms in total. The smallest absolute Gasteiger partial charge is 0.270 e. The molecule has 0 saturated carbocycles. The maximum Gasteiger partial charge on any atom is 0.270 e. The number of likely N-dealkylation sites (tertiary alicyclic amines) is 1. The zero-order valence-electron chi connectivity index (χ0n) is 20.8. The fourth-order valence-electron chi connectivity index (χ4n) is 4.29. The Morgan fingerprint density at radius 3 is 2.21 bits per heavy atom. The van der Waals surface area contributed by atoms with E-state index in [4.69, 9.17) is 5.26 Å². The van der Waals surface area contributed by atoms with Gasteiger partial charge in [-0.05, 0) is 63.2 Å². The highest BCUT2D eigenvalue weighted by molar-refractivity contribution is 6.11. The van der Waals surface area contributed by atoms with E-state index >= 15 is 0 Å². The highest BCUT2D eigenvalue weighted by atomic mass is 16.6. The fourth-order valence-corrected chi connectivity index (χ4v) is 4.29. The number of nitriles is 1. The van der Waals surface area contributed by atoms with E-state index in [1.54, 1.807) is 18.2 Å². The topological polar surface area (TPSA) is 92.2 Å². The van der Waals surface area contributed by atoms with E-state index < -0.39 is 4.92 Å². The SMILES string of the molecule is CC.CC.Cc1c(C(=O)CN2CCCCC2)c2cc([N+](=O)[O-])ccc2n1-c1ccc(C#N)cc1. The van der Waals surface area contributed by atoms with Gasteiger partial charge in [0.2, 0.25) is 0 Å². The van der Waals surface area contributed by atoms with Crippen LogP contribution in [0.1, 0.15) is 68.6 Å². The second-order valence-electron chi connectivity index (χ2n) is 7.67. The molecule has 2 heterocycles. The Labute approximate surface area is 201 Å². The largest absolute Gasteiger partial charge is 0.313 e. The summed E-state index contributed by atoms with van der Waals surface area (Å²) in [7, 11) is 0. The van der Waals surface area contributed by atoms with Gasteiger partial charge in [-0.2, -0.15) is 5.26 Å². The van der Waals surface area contributed by atoms with Crippen molar-refractivity contribution in [1.29, 1.82) is 5.26 Å². The number of benzene rings is 2. The molecule has 0 amide bonds. The highest BCUT2D eigenvalue weighted by Crippen LogP contribution is 2.32. The summed E-state index contributed by atoms with van der Waals surface area (Å²) in [5, 5.41) is 21.0.